The average Bonchev–Trinajstić information content (AvgIpc) is 2.69. The van der Waals surface area contributed by atoms with Gasteiger partial charge in [-0.3, -0.25) is 0 Å². The summed E-state index contributed by atoms with van der Waals surface area (Å²) >= 11 is 0. The van der Waals surface area contributed by atoms with Crippen LogP contribution in [0.15, 0.2) is 0 Å². The lowest BCUT2D eigenvalue weighted by atomic mass is 9.96. The molecule has 3 N–H and O–H groups in total. The Hall–Kier alpha value is -0.120. The van der Waals surface area contributed by atoms with E-state index in [2.05, 4.69) is 18.9 Å². The van der Waals surface area contributed by atoms with Gasteiger partial charge in [-0.25, -0.2) is 0 Å². The molecule has 0 saturated heterocycles. The minimum atomic E-state index is -0.719. The molecule has 1 fully saturated rings. The highest BCUT2D eigenvalue weighted by Crippen LogP contribution is 2.26. The van der Waals surface area contributed by atoms with Crippen molar-refractivity contribution in [2.24, 2.45) is 11.7 Å². The van der Waals surface area contributed by atoms with Gasteiger partial charge in [0.2, 0.25) is 0 Å². The minimum absolute atomic E-state index is 0.342. The summed E-state index contributed by atoms with van der Waals surface area (Å²) in [6, 6.07) is 0.402. The number of nitrogens with zero attached hydrogens (tertiary/aromatic N) is 1. The summed E-state index contributed by atoms with van der Waals surface area (Å²) in [7, 11) is 2.16. The van der Waals surface area contributed by atoms with E-state index in [0.29, 0.717) is 12.6 Å². The number of rotatable bonds is 6. The second-order valence-corrected chi connectivity index (χ2v) is 5.84. The van der Waals surface area contributed by atoms with Crippen LogP contribution in [0.4, 0.5) is 0 Å². The first-order valence-electron chi connectivity index (χ1n) is 6.57. The van der Waals surface area contributed by atoms with Crippen LogP contribution in [0.25, 0.3) is 0 Å². The fourth-order valence-electron chi connectivity index (χ4n) is 2.66. The predicted octanol–water partition coefficient (Wildman–Crippen LogP) is 1.60. The van der Waals surface area contributed by atoms with Gasteiger partial charge in [0.1, 0.15) is 0 Å². The van der Waals surface area contributed by atoms with Crippen LogP contribution in [-0.2, 0) is 0 Å². The largest absolute Gasteiger partial charge is 0.389 e. The lowest BCUT2D eigenvalue weighted by Gasteiger charge is -2.32. The van der Waals surface area contributed by atoms with Crippen molar-refractivity contribution < 1.29 is 5.11 Å². The van der Waals surface area contributed by atoms with Gasteiger partial charge >= 0.3 is 0 Å². The first-order chi connectivity index (χ1) is 7.44. The third-order valence-electron chi connectivity index (χ3n) is 3.95. The molecule has 3 heteroatoms. The normalized spacial score (nSPS) is 23.6. The van der Waals surface area contributed by atoms with Crippen molar-refractivity contribution >= 4 is 0 Å². The van der Waals surface area contributed by atoms with Crippen LogP contribution in [0.1, 0.15) is 46.0 Å². The quantitative estimate of drug-likeness (QED) is 0.726. The molecule has 96 valence electrons. The molecule has 2 unspecified atom stereocenters. The molecule has 0 spiro atoms. The highest BCUT2D eigenvalue weighted by molar-refractivity contribution is 4.81. The molecule has 0 bridgehead atoms. The van der Waals surface area contributed by atoms with Gasteiger partial charge in [-0.2, -0.15) is 0 Å². The molecule has 16 heavy (non-hydrogen) atoms. The summed E-state index contributed by atoms with van der Waals surface area (Å²) in [5, 5.41) is 9.95. The Morgan fingerprint density at radius 3 is 2.50 bits per heavy atom. The Morgan fingerprint density at radius 2 is 2.00 bits per heavy atom. The Bertz CT molecular complexity index is 200. The number of hydrogen-bond acceptors (Lipinski definition) is 3. The van der Waals surface area contributed by atoms with Crippen LogP contribution >= 0.6 is 0 Å². The van der Waals surface area contributed by atoms with Gasteiger partial charge in [0, 0.05) is 19.1 Å². The molecule has 0 heterocycles. The van der Waals surface area contributed by atoms with E-state index in [1.165, 1.54) is 32.2 Å². The van der Waals surface area contributed by atoms with Crippen LogP contribution in [0.2, 0.25) is 0 Å². The molecule has 0 aromatic heterocycles. The molecule has 3 nitrogen and oxygen atoms in total. The van der Waals surface area contributed by atoms with E-state index in [-0.39, 0.29) is 0 Å². The van der Waals surface area contributed by atoms with Gasteiger partial charge in [0.25, 0.3) is 0 Å². The first-order valence-corrected chi connectivity index (χ1v) is 6.57. The van der Waals surface area contributed by atoms with Crippen molar-refractivity contribution in [1.29, 1.82) is 0 Å². The third-order valence-corrected chi connectivity index (χ3v) is 3.95. The Labute approximate surface area is 100 Å². The molecule has 0 amide bonds. The molecule has 1 rings (SSSR count). The smallest absolute Gasteiger partial charge is 0.0756 e. The molecule has 0 radical (unpaired) electrons. The minimum Gasteiger partial charge on any atom is -0.389 e. The van der Waals surface area contributed by atoms with Gasteiger partial charge in [0.15, 0.2) is 0 Å². The van der Waals surface area contributed by atoms with Gasteiger partial charge in [-0.15, -0.1) is 0 Å². The van der Waals surface area contributed by atoms with Crippen LogP contribution in [0, 0.1) is 5.92 Å². The van der Waals surface area contributed by atoms with Gasteiger partial charge in [0.05, 0.1) is 5.60 Å². The topological polar surface area (TPSA) is 49.5 Å². The number of aliphatic hydroxyl groups is 1. The van der Waals surface area contributed by atoms with Crippen molar-refractivity contribution in [2.75, 3.05) is 20.1 Å². The van der Waals surface area contributed by atoms with Crippen LogP contribution in [0.3, 0.4) is 0 Å². The monoisotopic (exact) mass is 228 g/mol. The van der Waals surface area contributed by atoms with Crippen molar-refractivity contribution in [3.63, 3.8) is 0 Å². The van der Waals surface area contributed by atoms with E-state index in [9.17, 15) is 5.11 Å². The summed E-state index contributed by atoms with van der Waals surface area (Å²) in [5.74, 6) is 0.871. The third kappa shape index (κ3) is 4.40. The molecule has 0 aromatic carbocycles. The second-order valence-electron chi connectivity index (χ2n) is 5.84. The standard InChI is InChI=1S/C13H28N2O/c1-11(8-13(2,16)10-14)15(3)9-12-6-4-5-7-12/h11-12,16H,4-10,14H2,1-3H3. The van der Waals surface area contributed by atoms with Gasteiger partial charge in [-0.1, -0.05) is 12.8 Å². The van der Waals surface area contributed by atoms with Crippen LogP contribution in [-0.4, -0.2) is 41.8 Å². The van der Waals surface area contributed by atoms with Crippen molar-refractivity contribution in [3.05, 3.63) is 0 Å². The Kier molecular flexibility index (Phi) is 5.22. The summed E-state index contributed by atoms with van der Waals surface area (Å²) in [5.41, 5.74) is 4.83. The maximum Gasteiger partial charge on any atom is 0.0756 e. The highest BCUT2D eigenvalue weighted by Gasteiger charge is 2.25. The molecular weight excluding hydrogens is 200 g/mol. The van der Waals surface area contributed by atoms with Gasteiger partial charge in [-0.05, 0) is 46.1 Å². The van der Waals surface area contributed by atoms with Crippen molar-refractivity contribution in [1.82, 2.24) is 4.90 Å². The maximum atomic E-state index is 9.95. The molecule has 1 aliphatic rings. The van der Waals surface area contributed by atoms with Gasteiger partial charge < -0.3 is 15.7 Å². The Balaban J connectivity index is 2.31. The van der Waals surface area contributed by atoms with Crippen LogP contribution in [0.5, 0.6) is 0 Å². The van der Waals surface area contributed by atoms with Crippen molar-refractivity contribution in [2.45, 2.75) is 57.6 Å². The average molecular weight is 228 g/mol. The second kappa shape index (κ2) is 5.99. The zero-order valence-corrected chi connectivity index (χ0v) is 11.1. The SMILES string of the molecule is CC(CC(C)(O)CN)N(C)CC1CCCC1. The van der Waals surface area contributed by atoms with Crippen LogP contribution < -0.4 is 5.73 Å². The lowest BCUT2D eigenvalue weighted by Crippen LogP contribution is -2.43. The van der Waals surface area contributed by atoms with Crippen molar-refractivity contribution in [3.8, 4) is 0 Å². The van der Waals surface area contributed by atoms with E-state index in [0.717, 1.165) is 12.3 Å². The highest BCUT2D eigenvalue weighted by atomic mass is 16.3. The van der Waals surface area contributed by atoms with E-state index in [1.807, 2.05) is 6.92 Å². The molecule has 2 atom stereocenters. The Morgan fingerprint density at radius 1 is 1.44 bits per heavy atom. The number of hydrogen-bond donors (Lipinski definition) is 2. The predicted molar refractivity (Wildman–Crippen MR) is 68.3 cm³/mol. The fraction of sp³-hybridized carbons (Fsp3) is 1.00. The molecule has 0 aromatic rings. The first kappa shape index (κ1) is 13.9. The number of nitrogens with two attached hydrogens (primary N) is 1. The summed E-state index contributed by atoms with van der Waals surface area (Å²) in [6.07, 6.45) is 6.31. The van der Waals surface area contributed by atoms with E-state index >= 15 is 0 Å². The summed E-state index contributed by atoms with van der Waals surface area (Å²) in [4.78, 5) is 2.38. The van der Waals surface area contributed by atoms with E-state index in [1.54, 1.807) is 0 Å². The summed E-state index contributed by atoms with van der Waals surface area (Å²) < 4.78 is 0. The summed E-state index contributed by atoms with van der Waals surface area (Å²) in [6.45, 7) is 5.52. The molecule has 0 aliphatic heterocycles. The van der Waals surface area contributed by atoms with E-state index in [4.69, 9.17) is 5.73 Å². The molecule has 1 aliphatic carbocycles. The maximum absolute atomic E-state index is 9.95. The molecule has 1 saturated carbocycles. The molecular formula is C13H28N2O. The zero-order chi connectivity index (χ0) is 12.2. The fourth-order valence-corrected chi connectivity index (χ4v) is 2.66. The zero-order valence-electron chi connectivity index (χ0n) is 11.1. The van der Waals surface area contributed by atoms with E-state index < -0.39 is 5.60 Å². The lowest BCUT2D eigenvalue weighted by molar-refractivity contribution is 0.0311.